The number of hydrogen-bond acceptors (Lipinski definition) is 2. The first-order chi connectivity index (χ1) is 6.66. The zero-order valence-corrected chi connectivity index (χ0v) is 7.71. The molecule has 2 N–H and O–H groups in total. The van der Waals surface area contributed by atoms with Crippen molar-refractivity contribution in [2.24, 2.45) is 5.73 Å². The molecule has 2 rings (SSSR count). The molecule has 1 fully saturated rings. The normalized spacial score (nSPS) is 21.6. The van der Waals surface area contributed by atoms with Gasteiger partial charge in [0.15, 0.2) is 0 Å². The number of nitrogens with zero attached hydrogens (tertiary/aromatic N) is 1. The van der Waals surface area contributed by atoms with Crippen LogP contribution in [0.15, 0.2) is 18.2 Å². The van der Waals surface area contributed by atoms with Crippen molar-refractivity contribution in [2.75, 3.05) is 18.0 Å². The lowest BCUT2D eigenvalue weighted by Gasteiger charge is -2.18. The minimum Gasteiger partial charge on any atom is -0.368 e. The minimum atomic E-state index is -0.547. The van der Waals surface area contributed by atoms with E-state index in [-0.39, 0.29) is 6.04 Å². The van der Waals surface area contributed by atoms with Gasteiger partial charge in [-0.1, -0.05) is 0 Å². The van der Waals surface area contributed by atoms with Crippen LogP contribution >= 0.6 is 0 Å². The van der Waals surface area contributed by atoms with Crippen molar-refractivity contribution in [3.63, 3.8) is 0 Å². The average molecular weight is 198 g/mol. The summed E-state index contributed by atoms with van der Waals surface area (Å²) < 4.78 is 25.9. The van der Waals surface area contributed by atoms with E-state index in [4.69, 9.17) is 5.73 Å². The lowest BCUT2D eigenvalue weighted by molar-refractivity contribution is 0.581. The van der Waals surface area contributed by atoms with Gasteiger partial charge in [-0.25, -0.2) is 8.78 Å². The summed E-state index contributed by atoms with van der Waals surface area (Å²) in [7, 11) is 0. The fraction of sp³-hybridized carbons (Fsp3) is 0.400. The maximum atomic E-state index is 13.3. The van der Waals surface area contributed by atoms with Gasteiger partial charge in [-0.05, 0) is 18.6 Å². The standard InChI is InChI=1S/C10H12F2N2/c11-7-1-2-10(9(12)5-7)14-4-3-8(13)6-14/h1-2,5,8H,3-4,6,13H2/t8-/m1/s1. The molecule has 1 aliphatic rings. The molecule has 0 aromatic heterocycles. The van der Waals surface area contributed by atoms with Gasteiger partial charge in [0.1, 0.15) is 11.6 Å². The first kappa shape index (κ1) is 9.40. The molecule has 0 spiro atoms. The quantitative estimate of drug-likeness (QED) is 0.741. The molecule has 1 aromatic rings. The summed E-state index contributed by atoms with van der Waals surface area (Å²) in [6.07, 6.45) is 0.858. The Morgan fingerprint density at radius 2 is 2.14 bits per heavy atom. The van der Waals surface area contributed by atoms with Gasteiger partial charge in [0.2, 0.25) is 0 Å². The number of benzene rings is 1. The van der Waals surface area contributed by atoms with Gasteiger partial charge in [0, 0.05) is 25.2 Å². The molecule has 0 amide bonds. The second kappa shape index (κ2) is 3.53. The number of halogens is 2. The second-order valence-corrected chi connectivity index (χ2v) is 3.59. The molecule has 1 aliphatic heterocycles. The van der Waals surface area contributed by atoms with Gasteiger partial charge in [-0.2, -0.15) is 0 Å². The highest BCUT2D eigenvalue weighted by Gasteiger charge is 2.21. The van der Waals surface area contributed by atoms with E-state index < -0.39 is 11.6 Å². The molecule has 0 bridgehead atoms. The molecule has 1 atom stereocenters. The second-order valence-electron chi connectivity index (χ2n) is 3.59. The monoisotopic (exact) mass is 198 g/mol. The third-order valence-corrected chi connectivity index (χ3v) is 2.48. The number of hydrogen-bond donors (Lipinski definition) is 1. The molecular weight excluding hydrogens is 186 g/mol. The predicted octanol–water partition coefficient (Wildman–Crippen LogP) is 1.50. The number of anilines is 1. The first-order valence-corrected chi connectivity index (χ1v) is 4.62. The Labute approximate surface area is 81.3 Å². The van der Waals surface area contributed by atoms with Crippen molar-refractivity contribution in [2.45, 2.75) is 12.5 Å². The molecule has 0 radical (unpaired) electrons. The van der Waals surface area contributed by atoms with Crippen LogP contribution in [-0.4, -0.2) is 19.1 Å². The lowest BCUT2D eigenvalue weighted by atomic mass is 10.2. The Morgan fingerprint density at radius 1 is 1.36 bits per heavy atom. The fourth-order valence-electron chi connectivity index (χ4n) is 1.74. The largest absolute Gasteiger partial charge is 0.368 e. The van der Waals surface area contributed by atoms with E-state index in [0.717, 1.165) is 19.0 Å². The molecule has 1 saturated heterocycles. The van der Waals surface area contributed by atoms with Crippen molar-refractivity contribution in [3.8, 4) is 0 Å². The zero-order valence-electron chi connectivity index (χ0n) is 7.71. The third kappa shape index (κ3) is 1.70. The van der Waals surface area contributed by atoms with E-state index in [1.54, 1.807) is 0 Å². The van der Waals surface area contributed by atoms with Gasteiger partial charge < -0.3 is 10.6 Å². The smallest absolute Gasteiger partial charge is 0.149 e. The van der Waals surface area contributed by atoms with Crippen LogP contribution < -0.4 is 10.6 Å². The molecule has 4 heteroatoms. The van der Waals surface area contributed by atoms with E-state index in [1.165, 1.54) is 12.1 Å². The highest BCUT2D eigenvalue weighted by molar-refractivity contribution is 5.49. The SMILES string of the molecule is N[C@@H]1CCN(c2ccc(F)cc2F)C1. The van der Waals surface area contributed by atoms with E-state index in [0.29, 0.717) is 12.2 Å². The Hall–Kier alpha value is -1.16. The van der Waals surface area contributed by atoms with E-state index in [1.807, 2.05) is 4.90 Å². The maximum Gasteiger partial charge on any atom is 0.149 e. The summed E-state index contributed by atoms with van der Waals surface area (Å²) >= 11 is 0. The molecule has 0 aliphatic carbocycles. The Bertz CT molecular complexity index is 341. The summed E-state index contributed by atoms with van der Waals surface area (Å²) in [6.45, 7) is 1.38. The van der Waals surface area contributed by atoms with Gasteiger partial charge in [0.25, 0.3) is 0 Å². The van der Waals surface area contributed by atoms with Crippen LogP contribution in [0.4, 0.5) is 14.5 Å². The summed E-state index contributed by atoms with van der Waals surface area (Å²) in [5, 5.41) is 0. The van der Waals surface area contributed by atoms with Crippen molar-refractivity contribution in [1.82, 2.24) is 0 Å². The zero-order chi connectivity index (χ0) is 10.1. The predicted molar refractivity (Wildman–Crippen MR) is 51.2 cm³/mol. The summed E-state index contributed by atoms with van der Waals surface area (Å²) in [5.41, 5.74) is 6.15. The van der Waals surface area contributed by atoms with Crippen LogP contribution in [0.25, 0.3) is 0 Å². The van der Waals surface area contributed by atoms with Crippen molar-refractivity contribution < 1.29 is 8.78 Å². The lowest BCUT2D eigenvalue weighted by Crippen LogP contribution is -2.26. The number of nitrogens with two attached hydrogens (primary N) is 1. The van der Waals surface area contributed by atoms with Crippen molar-refractivity contribution in [3.05, 3.63) is 29.8 Å². The highest BCUT2D eigenvalue weighted by Crippen LogP contribution is 2.23. The maximum absolute atomic E-state index is 13.3. The van der Waals surface area contributed by atoms with Crippen molar-refractivity contribution >= 4 is 5.69 Å². The average Bonchev–Trinajstić information content (AvgIpc) is 2.51. The molecule has 1 heterocycles. The van der Waals surface area contributed by atoms with Gasteiger partial charge in [-0.15, -0.1) is 0 Å². The molecule has 76 valence electrons. The van der Waals surface area contributed by atoms with Crippen LogP contribution in [0.5, 0.6) is 0 Å². The van der Waals surface area contributed by atoms with Crippen LogP contribution in [0.2, 0.25) is 0 Å². The van der Waals surface area contributed by atoms with E-state index >= 15 is 0 Å². The van der Waals surface area contributed by atoms with Gasteiger partial charge in [-0.3, -0.25) is 0 Å². The van der Waals surface area contributed by atoms with Crippen LogP contribution in [-0.2, 0) is 0 Å². The molecule has 2 nitrogen and oxygen atoms in total. The highest BCUT2D eigenvalue weighted by atomic mass is 19.1. The summed E-state index contributed by atoms with van der Waals surface area (Å²) in [4.78, 5) is 1.85. The van der Waals surface area contributed by atoms with Crippen molar-refractivity contribution in [1.29, 1.82) is 0 Å². The van der Waals surface area contributed by atoms with Crippen LogP contribution in [0.1, 0.15) is 6.42 Å². The molecule has 14 heavy (non-hydrogen) atoms. The fourth-order valence-corrected chi connectivity index (χ4v) is 1.74. The Morgan fingerprint density at radius 3 is 2.71 bits per heavy atom. The van der Waals surface area contributed by atoms with Crippen LogP contribution in [0.3, 0.4) is 0 Å². The Balaban J connectivity index is 2.24. The van der Waals surface area contributed by atoms with E-state index in [2.05, 4.69) is 0 Å². The number of rotatable bonds is 1. The topological polar surface area (TPSA) is 29.3 Å². The van der Waals surface area contributed by atoms with Gasteiger partial charge >= 0.3 is 0 Å². The Kier molecular flexibility index (Phi) is 2.37. The minimum absolute atomic E-state index is 0.0967. The third-order valence-electron chi connectivity index (χ3n) is 2.48. The summed E-state index contributed by atoms with van der Waals surface area (Å²) in [5.74, 6) is -1.06. The first-order valence-electron chi connectivity index (χ1n) is 4.62. The summed E-state index contributed by atoms with van der Waals surface area (Å²) in [6, 6.07) is 3.73. The molecule has 1 aromatic carbocycles. The van der Waals surface area contributed by atoms with Crippen LogP contribution in [0, 0.1) is 11.6 Å². The van der Waals surface area contributed by atoms with Gasteiger partial charge in [0.05, 0.1) is 5.69 Å². The molecular formula is C10H12F2N2. The van der Waals surface area contributed by atoms with E-state index in [9.17, 15) is 8.78 Å². The molecule has 0 unspecified atom stereocenters. The molecule has 0 saturated carbocycles.